The Labute approximate surface area is 160 Å². The predicted molar refractivity (Wildman–Crippen MR) is 106 cm³/mol. The first kappa shape index (κ1) is 17.6. The SMILES string of the molecule is O=C(Nc1cccc(F)c1)c1nn(Cc2ccccc2)c(=O)c2ccccc12. The summed E-state index contributed by atoms with van der Waals surface area (Å²) in [7, 11) is 0. The van der Waals surface area contributed by atoms with E-state index in [9.17, 15) is 14.0 Å². The predicted octanol–water partition coefficient (Wildman–Crippen LogP) is 3.84. The maximum atomic E-state index is 13.4. The molecule has 1 aromatic heterocycles. The summed E-state index contributed by atoms with van der Waals surface area (Å²) in [5.41, 5.74) is 1.04. The van der Waals surface area contributed by atoms with Crippen molar-refractivity contribution in [2.45, 2.75) is 6.54 Å². The van der Waals surface area contributed by atoms with E-state index in [0.717, 1.165) is 5.56 Å². The number of amides is 1. The van der Waals surface area contributed by atoms with Crippen molar-refractivity contribution in [2.24, 2.45) is 0 Å². The normalized spacial score (nSPS) is 10.8. The summed E-state index contributed by atoms with van der Waals surface area (Å²) in [5.74, 6) is -0.965. The number of hydrogen-bond acceptors (Lipinski definition) is 3. The molecule has 1 heterocycles. The Morgan fingerprint density at radius 1 is 0.929 bits per heavy atom. The molecule has 1 amide bonds. The molecule has 0 saturated heterocycles. The number of carbonyl (C=O) groups is 1. The van der Waals surface area contributed by atoms with Gasteiger partial charge in [-0.2, -0.15) is 5.10 Å². The van der Waals surface area contributed by atoms with Gasteiger partial charge >= 0.3 is 0 Å². The molecule has 28 heavy (non-hydrogen) atoms. The number of halogens is 1. The second-order valence-electron chi connectivity index (χ2n) is 6.31. The first-order valence-corrected chi connectivity index (χ1v) is 8.72. The molecule has 0 aliphatic rings. The van der Waals surface area contributed by atoms with E-state index >= 15 is 0 Å². The highest BCUT2D eigenvalue weighted by molar-refractivity contribution is 6.11. The van der Waals surface area contributed by atoms with Crippen molar-refractivity contribution in [3.05, 3.63) is 106 Å². The number of rotatable bonds is 4. The lowest BCUT2D eigenvalue weighted by molar-refractivity contribution is 0.102. The average molecular weight is 373 g/mol. The van der Waals surface area contributed by atoms with Gasteiger partial charge in [0.25, 0.3) is 11.5 Å². The molecular formula is C22H16FN3O2. The molecule has 0 radical (unpaired) electrons. The van der Waals surface area contributed by atoms with Gasteiger partial charge in [0, 0.05) is 11.1 Å². The smallest absolute Gasteiger partial charge is 0.276 e. The van der Waals surface area contributed by atoms with E-state index in [1.807, 2.05) is 30.3 Å². The lowest BCUT2D eigenvalue weighted by Crippen LogP contribution is -2.28. The van der Waals surface area contributed by atoms with Gasteiger partial charge < -0.3 is 5.32 Å². The van der Waals surface area contributed by atoms with E-state index in [2.05, 4.69) is 10.4 Å². The molecule has 0 aliphatic carbocycles. The standard InChI is InChI=1S/C22H16FN3O2/c23-16-9-6-10-17(13-16)24-21(27)20-18-11-4-5-12-19(18)22(28)26(25-20)14-15-7-2-1-3-8-15/h1-13H,14H2,(H,24,27). The minimum atomic E-state index is -0.511. The number of anilines is 1. The summed E-state index contributed by atoms with van der Waals surface area (Å²) in [4.78, 5) is 25.7. The number of nitrogens with one attached hydrogen (secondary N) is 1. The number of hydrogen-bond donors (Lipinski definition) is 1. The summed E-state index contributed by atoms with van der Waals surface area (Å²) in [5, 5.41) is 7.81. The van der Waals surface area contributed by atoms with E-state index in [0.29, 0.717) is 16.5 Å². The molecule has 138 valence electrons. The number of nitrogens with zero attached hydrogens (tertiary/aromatic N) is 2. The fourth-order valence-corrected chi connectivity index (χ4v) is 3.02. The zero-order chi connectivity index (χ0) is 19.5. The van der Waals surface area contributed by atoms with Gasteiger partial charge in [0.2, 0.25) is 0 Å². The summed E-state index contributed by atoms with van der Waals surface area (Å²) >= 11 is 0. The molecular weight excluding hydrogens is 357 g/mol. The second kappa shape index (κ2) is 7.44. The summed E-state index contributed by atoms with van der Waals surface area (Å²) in [6.45, 7) is 0.241. The van der Waals surface area contributed by atoms with Gasteiger partial charge in [-0.15, -0.1) is 0 Å². The van der Waals surface area contributed by atoms with Crippen LogP contribution in [0.3, 0.4) is 0 Å². The van der Waals surface area contributed by atoms with E-state index < -0.39 is 11.7 Å². The highest BCUT2D eigenvalue weighted by Gasteiger charge is 2.17. The quantitative estimate of drug-likeness (QED) is 0.591. The van der Waals surface area contributed by atoms with Crippen LogP contribution in [0.1, 0.15) is 16.1 Å². The molecule has 0 fully saturated rings. The maximum Gasteiger partial charge on any atom is 0.276 e. The second-order valence-corrected chi connectivity index (χ2v) is 6.31. The Bertz CT molecular complexity index is 1220. The number of aromatic nitrogens is 2. The summed E-state index contributed by atoms with van der Waals surface area (Å²) in [6, 6.07) is 21.8. The molecule has 0 aliphatic heterocycles. The fraction of sp³-hybridized carbons (Fsp3) is 0.0455. The lowest BCUT2D eigenvalue weighted by Gasteiger charge is -2.11. The van der Waals surface area contributed by atoms with Crippen LogP contribution in [0.4, 0.5) is 10.1 Å². The van der Waals surface area contributed by atoms with Crippen LogP contribution >= 0.6 is 0 Å². The van der Waals surface area contributed by atoms with Crippen LogP contribution in [0.5, 0.6) is 0 Å². The van der Waals surface area contributed by atoms with Crippen LogP contribution in [0.25, 0.3) is 10.8 Å². The first-order valence-electron chi connectivity index (χ1n) is 8.72. The van der Waals surface area contributed by atoms with Gasteiger partial charge in [-0.3, -0.25) is 9.59 Å². The van der Waals surface area contributed by atoms with Crippen molar-refractivity contribution in [3.63, 3.8) is 0 Å². The number of carbonyl (C=O) groups excluding carboxylic acids is 1. The lowest BCUT2D eigenvalue weighted by atomic mass is 10.1. The van der Waals surface area contributed by atoms with Crippen LogP contribution in [0.2, 0.25) is 0 Å². The zero-order valence-corrected chi connectivity index (χ0v) is 14.8. The van der Waals surface area contributed by atoms with Crippen LogP contribution in [-0.4, -0.2) is 15.7 Å². The minimum Gasteiger partial charge on any atom is -0.320 e. The monoisotopic (exact) mass is 373 g/mol. The maximum absolute atomic E-state index is 13.4. The molecule has 0 saturated carbocycles. The third-order valence-electron chi connectivity index (χ3n) is 4.34. The largest absolute Gasteiger partial charge is 0.320 e. The third kappa shape index (κ3) is 3.53. The molecule has 4 rings (SSSR count). The Morgan fingerprint density at radius 2 is 1.64 bits per heavy atom. The molecule has 0 unspecified atom stereocenters. The van der Waals surface area contributed by atoms with Crippen LogP contribution in [0, 0.1) is 5.82 Å². The van der Waals surface area contributed by atoms with Crippen molar-refractivity contribution in [1.29, 1.82) is 0 Å². The topological polar surface area (TPSA) is 64.0 Å². The molecule has 1 N–H and O–H groups in total. The van der Waals surface area contributed by atoms with Gasteiger partial charge in [-0.25, -0.2) is 9.07 Å². The third-order valence-corrected chi connectivity index (χ3v) is 4.34. The molecule has 5 nitrogen and oxygen atoms in total. The highest BCUT2D eigenvalue weighted by Crippen LogP contribution is 2.16. The Morgan fingerprint density at radius 3 is 2.39 bits per heavy atom. The molecule has 0 atom stereocenters. The van der Waals surface area contributed by atoms with Gasteiger partial charge in [0.1, 0.15) is 5.82 Å². The van der Waals surface area contributed by atoms with Gasteiger partial charge in [-0.1, -0.05) is 54.6 Å². The van der Waals surface area contributed by atoms with Crippen molar-refractivity contribution >= 4 is 22.4 Å². The fourth-order valence-electron chi connectivity index (χ4n) is 3.02. The molecule has 0 spiro atoms. The average Bonchev–Trinajstić information content (AvgIpc) is 2.71. The van der Waals surface area contributed by atoms with Gasteiger partial charge in [-0.05, 0) is 29.8 Å². The van der Waals surface area contributed by atoms with Crippen molar-refractivity contribution in [1.82, 2.24) is 9.78 Å². The molecule has 4 aromatic rings. The molecule has 3 aromatic carbocycles. The first-order chi connectivity index (χ1) is 13.6. The summed E-state index contributed by atoms with van der Waals surface area (Å²) < 4.78 is 14.7. The number of benzene rings is 3. The highest BCUT2D eigenvalue weighted by atomic mass is 19.1. The van der Waals surface area contributed by atoms with Crippen LogP contribution in [0.15, 0.2) is 83.7 Å². The van der Waals surface area contributed by atoms with Gasteiger partial charge in [0.15, 0.2) is 5.69 Å². The Hall–Kier alpha value is -3.80. The van der Waals surface area contributed by atoms with Crippen LogP contribution < -0.4 is 10.9 Å². The summed E-state index contributed by atoms with van der Waals surface area (Å²) in [6.07, 6.45) is 0. The number of fused-ring (bicyclic) bond motifs is 1. The van der Waals surface area contributed by atoms with E-state index in [1.165, 1.54) is 22.9 Å². The Kier molecular flexibility index (Phi) is 4.68. The minimum absolute atomic E-state index is 0.107. The molecule has 6 heteroatoms. The van der Waals surface area contributed by atoms with E-state index in [-0.39, 0.29) is 17.8 Å². The zero-order valence-electron chi connectivity index (χ0n) is 14.8. The van der Waals surface area contributed by atoms with Crippen molar-refractivity contribution in [2.75, 3.05) is 5.32 Å². The van der Waals surface area contributed by atoms with Crippen LogP contribution in [-0.2, 0) is 6.54 Å². The van der Waals surface area contributed by atoms with E-state index in [1.54, 1.807) is 30.3 Å². The Balaban J connectivity index is 1.79. The van der Waals surface area contributed by atoms with E-state index in [4.69, 9.17) is 0 Å². The molecule has 0 bridgehead atoms. The van der Waals surface area contributed by atoms with Gasteiger partial charge in [0.05, 0.1) is 11.9 Å². The van der Waals surface area contributed by atoms with Crippen molar-refractivity contribution < 1.29 is 9.18 Å². The van der Waals surface area contributed by atoms with Crippen molar-refractivity contribution in [3.8, 4) is 0 Å².